The Morgan fingerprint density at radius 1 is 1.27 bits per heavy atom. The first-order chi connectivity index (χ1) is 12.4. The fourth-order valence-electron chi connectivity index (χ4n) is 4.38. The van der Waals surface area contributed by atoms with Gasteiger partial charge in [0.25, 0.3) is 0 Å². The Bertz CT molecular complexity index is 720. The fraction of sp³-hybridized carbons (Fsp3) is 0.667. The SMILES string of the molecule is Cc1cc(N2CCC3(CC2)CC(C(=O)O)N(C(=O)C2CC2)C3)nc(N)n1. The molecule has 2 saturated heterocycles. The Kier molecular flexibility index (Phi) is 4.00. The molecule has 8 nitrogen and oxygen atoms in total. The van der Waals surface area contributed by atoms with Gasteiger partial charge in [-0.2, -0.15) is 4.98 Å². The summed E-state index contributed by atoms with van der Waals surface area (Å²) < 4.78 is 0. The molecule has 1 aromatic heterocycles. The van der Waals surface area contributed by atoms with Crippen LogP contribution in [0, 0.1) is 18.3 Å². The predicted molar refractivity (Wildman–Crippen MR) is 95.5 cm³/mol. The third kappa shape index (κ3) is 3.08. The van der Waals surface area contributed by atoms with E-state index in [0.717, 1.165) is 50.3 Å². The number of nitrogen functional groups attached to an aromatic ring is 1. The molecule has 3 aliphatic rings. The zero-order chi connectivity index (χ0) is 18.5. The van der Waals surface area contributed by atoms with Gasteiger partial charge in [-0.3, -0.25) is 4.79 Å². The first-order valence-corrected chi connectivity index (χ1v) is 9.26. The standard InChI is InChI=1S/C18H25N5O3/c1-11-8-14(21-17(19)20-11)22-6-4-18(5-7-22)9-13(16(25)26)23(10-18)15(24)12-2-3-12/h8,12-13H,2-7,9-10H2,1H3,(H,25,26)(H2,19,20,21). The second kappa shape index (κ2) is 6.10. The van der Waals surface area contributed by atoms with E-state index in [1.165, 1.54) is 0 Å². The molecule has 1 spiro atoms. The van der Waals surface area contributed by atoms with Crippen molar-refractivity contribution in [2.45, 2.75) is 45.1 Å². The number of nitrogens with zero attached hydrogens (tertiary/aromatic N) is 4. The molecule has 1 atom stereocenters. The number of nitrogens with two attached hydrogens (primary N) is 1. The third-order valence-electron chi connectivity index (χ3n) is 6.01. The van der Waals surface area contributed by atoms with Gasteiger partial charge in [0.05, 0.1) is 0 Å². The molecular formula is C18H25N5O3. The zero-order valence-electron chi connectivity index (χ0n) is 15.0. The molecule has 3 N–H and O–H groups in total. The Balaban J connectivity index is 1.47. The van der Waals surface area contributed by atoms with E-state index < -0.39 is 12.0 Å². The molecule has 0 radical (unpaired) electrons. The lowest BCUT2D eigenvalue weighted by Gasteiger charge is -2.39. The lowest BCUT2D eigenvalue weighted by molar-refractivity contribution is -0.148. The maximum Gasteiger partial charge on any atom is 0.326 e. The molecule has 1 saturated carbocycles. The number of hydrogen-bond donors (Lipinski definition) is 2. The first kappa shape index (κ1) is 17.1. The minimum absolute atomic E-state index is 0.0379. The van der Waals surface area contributed by atoms with Crippen LogP contribution in [0.15, 0.2) is 6.07 Å². The van der Waals surface area contributed by atoms with Crippen LogP contribution in [0.5, 0.6) is 0 Å². The van der Waals surface area contributed by atoms with Crippen LogP contribution in [0.4, 0.5) is 11.8 Å². The van der Waals surface area contributed by atoms with Crippen molar-refractivity contribution in [3.8, 4) is 0 Å². The van der Waals surface area contributed by atoms with Crippen LogP contribution < -0.4 is 10.6 Å². The normalized spacial score (nSPS) is 24.9. The van der Waals surface area contributed by atoms with Crippen LogP contribution in [-0.4, -0.2) is 57.5 Å². The molecule has 0 aromatic carbocycles. The monoisotopic (exact) mass is 359 g/mol. The van der Waals surface area contributed by atoms with Gasteiger partial charge in [-0.05, 0) is 44.4 Å². The van der Waals surface area contributed by atoms with E-state index in [2.05, 4.69) is 14.9 Å². The summed E-state index contributed by atoms with van der Waals surface area (Å²) in [5, 5.41) is 9.60. The van der Waals surface area contributed by atoms with Gasteiger partial charge in [0.2, 0.25) is 11.9 Å². The number of likely N-dealkylation sites (tertiary alicyclic amines) is 1. The number of aliphatic carboxylic acids is 1. The summed E-state index contributed by atoms with van der Waals surface area (Å²) in [5.41, 5.74) is 6.50. The first-order valence-electron chi connectivity index (χ1n) is 9.26. The van der Waals surface area contributed by atoms with Crippen molar-refractivity contribution in [3.05, 3.63) is 11.8 Å². The van der Waals surface area contributed by atoms with Crippen molar-refractivity contribution in [2.75, 3.05) is 30.3 Å². The summed E-state index contributed by atoms with van der Waals surface area (Å²) in [6, 6.07) is 1.25. The summed E-state index contributed by atoms with van der Waals surface area (Å²) in [4.78, 5) is 36.5. The van der Waals surface area contributed by atoms with Crippen LogP contribution in [0.1, 0.15) is 37.8 Å². The highest BCUT2D eigenvalue weighted by atomic mass is 16.4. The van der Waals surface area contributed by atoms with Gasteiger partial charge in [-0.25, -0.2) is 9.78 Å². The molecule has 140 valence electrons. The van der Waals surface area contributed by atoms with E-state index in [1.807, 2.05) is 13.0 Å². The third-order valence-corrected chi connectivity index (χ3v) is 6.01. The highest BCUT2D eigenvalue weighted by Gasteiger charge is 2.51. The predicted octanol–water partition coefficient (Wildman–Crippen LogP) is 1.05. The van der Waals surface area contributed by atoms with Gasteiger partial charge in [-0.15, -0.1) is 0 Å². The molecule has 8 heteroatoms. The average Bonchev–Trinajstić information content (AvgIpc) is 3.36. The lowest BCUT2D eigenvalue weighted by atomic mass is 9.76. The van der Waals surface area contributed by atoms with Gasteiger partial charge in [0.1, 0.15) is 11.9 Å². The number of aromatic nitrogens is 2. The van der Waals surface area contributed by atoms with Gasteiger partial charge in [0, 0.05) is 37.3 Å². The molecule has 0 bridgehead atoms. The van der Waals surface area contributed by atoms with E-state index in [0.29, 0.717) is 13.0 Å². The Morgan fingerprint density at radius 2 is 1.96 bits per heavy atom. The number of aryl methyl sites for hydroxylation is 1. The van der Waals surface area contributed by atoms with Gasteiger partial charge in [-0.1, -0.05) is 0 Å². The van der Waals surface area contributed by atoms with Crippen LogP contribution in [0.2, 0.25) is 0 Å². The van der Waals surface area contributed by atoms with Crippen LogP contribution in [-0.2, 0) is 9.59 Å². The van der Waals surface area contributed by atoms with Crippen molar-refractivity contribution in [1.29, 1.82) is 0 Å². The van der Waals surface area contributed by atoms with Crippen molar-refractivity contribution in [3.63, 3.8) is 0 Å². The number of rotatable bonds is 3. The molecule has 26 heavy (non-hydrogen) atoms. The van der Waals surface area contributed by atoms with E-state index in [4.69, 9.17) is 5.73 Å². The molecular weight excluding hydrogens is 334 g/mol. The lowest BCUT2D eigenvalue weighted by Crippen LogP contribution is -2.43. The summed E-state index contributed by atoms with van der Waals surface area (Å²) in [5.74, 6) is 0.310. The van der Waals surface area contributed by atoms with E-state index in [1.54, 1.807) is 4.90 Å². The van der Waals surface area contributed by atoms with Gasteiger partial charge < -0.3 is 20.6 Å². The molecule has 1 aromatic rings. The highest BCUT2D eigenvalue weighted by Crippen LogP contribution is 2.46. The minimum Gasteiger partial charge on any atom is -0.480 e. The molecule has 1 unspecified atom stereocenters. The number of anilines is 2. The second-order valence-corrected chi connectivity index (χ2v) is 8.01. The van der Waals surface area contributed by atoms with Crippen LogP contribution in [0.3, 0.4) is 0 Å². The average molecular weight is 359 g/mol. The number of piperidine rings is 1. The topological polar surface area (TPSA) is 113 Å². The van der Waals surface area contributed by atoms with Crippen molar-refractivity contribution < 1.29 is 14.7 Å². The van der Waals surface area contributed by atoms with Crippen molar-refractivity contribution in [2.24, 2.45) is 11.3 Å². The van der Waals surface area contributed by atoms with E-state index >= 15 is 0 Å². The minimum atomic E-state index is -0.877. The van der Waals surface area contributed by atoms with Crippen LogP contribution in [0.25, 0.3) is 0 Å². The summed E-state index contributed by atoms with van der Waals surface area (Å²) in [7, 11) is 0. The Labute approximate surface area is 152 Å². The van der Waals surface area contributed by atoms with E-state index in [9.17, 15) is 14.7 Å². The zero-order valence-corrected chi connectivity index (χ0v) is 15.0. The van der Waals surface area contributed by atoms with E-state index in [-0.39, 0.29) is 23.2 Å². The van der Waals surface area contributed by atoms with Crippen molar-refractivity contribution >= 4 is 23.6 Å². The van der Waals surface area contributed by atoms with Crippen LogP contribution >= 0.6 is 0 Å². The fourth-order valence-corrected chi connectivity index (χ4v) is 4.38. The quantitative estimate of drug-likeness (QED) is 0.829. The summed E-state index contributed by atoms with van der Waals surface area (Å²) in [6.07, 6.45) is 4.07. The molecule has 1 amide bonds. The molecule has 3 fully saturated rings. The Morgan fingerprint density at radius 3 is 2.54 bits per heavy atom. The number of carboxylic acids is 1. The number of carboxylic acid groups (broad SMARTS) is 1. The number of carbonyl (C=O) groups excluding carboxylic acids is 1. The van der Waals surface area contributed by atoms with Gasteiger partial charge in [0.15, 0.2) is 0 Å². The smallest absolute Gasteiger partial charge is 0.326 e. The maximum absolute atomic E-state index is 12.5. The second-order valence-electron chi connectivity index (χ2n) is 8.01. The summed E-state index contributed by atoms with van der Waals surface area (Å²) in [6.45, 7) is 4.03. The number of hydrogen-bond acceptors (Lipinski definition) is 6. The summed E-state index contributed by atoms with van der Waals surface area (Å²) >= 11 is 0. The largest absolute Gasteiger partial charge is 0.480 e. The van der Waals surface area contributed by atoms with Gasteiger partial charge >= 0.3 is 5.97 Å². The highest BCUT2D eigenvalue weighted by molar-refractivity contribution is 5.87. The maximum atomic E-state index is 12.5. The van der Waals surface area contributed by atoms with Crippen molar-refractivity contribution in [1.82, 2.24) is 14.9 Å². The molecule has 1 aliphatic carbocycles. The Hall–Kier alpha value is -2.38. The number of carbonyl (C=O) groups is 2. The number of amides is 1. The molecule has 4 rings (SSSR count). The molecule has 2 aliphatic heterocycles. The molecule has 3 heterocycles.